The van der Waals surface area contributed by atoms with Crippen molar-refractivity contribution in [2.75, 3.05) is 19.5 Å². The van der Waals surface area contributed by atoms with Crippen LogP contribution in [0.3, 0.4) is 0 Å². The lowest BCUT2D eigenvalue weighted by Gasteiger charge is -2.37. The number of hydrogen-bond donors (Lipinski definition) is 0. The van der Waals surface area contributed by atoms with Gasteiger partial charge in [-0.3, -0.25) is 8.98 Å². The van der Waals surface area contributed by atoms with E-state index in [2.05, 4.69) is 13.8 Å². The van der Waals surface area contributed by atoms with Gasteiger partial charge in [-0.1, -0.05) is 13.8 Å². The van der Waals surface area contributed by atoms with Gasteiger partial charge < -0.3 is 9.47 Å². The Bertz CT molecular complexity index is 447. The molecule has 130 valence electrons. The minimum atomic E-state index is -3.44. The second-order valence-electron chi connectivity index (χ2n) is 6.22. The fourth-order valence-electron chi connectivity index (χ4n) is 2.66. The minimum Gasteiger partial charge on any atom is -0.466 e. The van der Waals surface area contributed by atoms with Crippen LogP contribution >= 0.6 is 0 Å². The summed E-state index contributed by atoms with van der Waals surface area (Å²) >= 11 is 0. The maximum Gasteiger partial charge on any atom is 0.302 e. The van der Waals surface area contributed by atoms with E-state index in [0.717, 1.165) is 31.9 Å². The van der Waals surface area contributed by atoms with Gasteiger partial charge in [0.25, 0.3) is 10.1 Å². The van der Waals surface area contributed by atoms with E-state index < -0.39 is 10.1 Å². The smallest absolute Gasteiger partial charge is 0.302 e. The van der Waals surface area contributed by atoms with Crippen molar-refractivity contribution >= 4 is 16.1 Å². The van der Waals surface area contributed by atoms with Gasteiger partial charge >= 0.3 is 5.97 Å². The summed E-state index contributed by atoms with van der Waals surface area (Å²) < 4.78 is 38.1. The third kappa shape index (κ3) is 7.56. The molecule has 0 unspecified atom stereocenters. The van der Waals surface area contributed by atoms with Gasteiger partial charge in [-0.05, 0) is 37.5 Å². The molecule has 0 bridgehead atoms. The van der Waals surface area contributed by atoms with E-state index in [1.54, 1.807) is 0 Å². The summed E-state index contributed by atoms with van der Waals surface area (Å²) in [6, 6.07) is 0. The zero-order chi connectivity index (χ0) is 16.8. The second kappa shape index (κ2) is 8.84. The number of ether oxygens (including phenoxy) is 2. The first-order chi connectivity index (χ1) is 10.2. The molecule has 0 amide bonds. The summed E-state index contributed by atoms with van der Waals surface area (Å²) in [5.41, 5.74) is 0. The van der Waals surface area contributed by atoms with Gasteiger partial charge in [0.1, 0.15) is 0 Å². The number of rotatable bonds is 8. The monoisotopic (exact) mass is 336 g/mol. The largest absolute Gasteiger partial charge is 0.466 e. The van der Waals surface area contributed by atoms with Gasteiger partial charge in [0.05, 0.1) is 31.7 Å². The van der Waals surface area contributed by atoms with E-state index in [1.807, 2.05) is 0 Å². The molecule has 1 fully saturated rings. The quantitative estimate of drug-likeness (QED) is 0.384. The zero-order valence-electron chi connectivity index (χ0n) is 13.9. The predicted octanol–water partition coefficient (Wildman–Crippen LogP) is 2.13. The lowest BCUT2D eigenvalue weighted by molar-refractivity contribution is -0.141. The maximum atomic E-state index is 11.1. The topological polar surface area (TPSA) is 78.9 Å². The SMILES string of the molecule is CC(=O)OCCC[C@@H](C)[C@H]1CC[C@H](C)[C@@H](COS(C)(=O)=O)O1. The molecule has 0 spiro atoms. The molecule has 0 aromatic heterocycles. The molecule has 22 heavy (non-hydrogen) atoms. The van der Waals surface area contributed by atoms with Crippen molar-refractivity contribution in [2.45, 2.75) is 58.7 Å². The minimum absolute atomic E-state index is 0.0800. The molecule has 1 rings (SSSR count). The Hall–Kier alpha value is -0.660. The van der Waals surface area contributed by atoms with E-state index in [9.17, 15) is 13.2 Å². The van der Waals surface area contributed by atoms with Crippen LogP contribution in [-0.2, 0) is 28.6 Å². The van der Waals surface area contributed by atoms with Crippen molar-refractivity contribution in [1.82, 2.24) is 0 Å². The van der Waals surface area contributed by atoms with Crippen LogP contribution in [0.4, 0.5) is 0 Å². The first-order valence-corrected chi connectivity index (χ1v) is 9.64. The van der Waals surface area contributed by atoms with E-state index in [-0.39, 0.29) is 30.7 Å². The van der Waals surface area contributed by atoms with Crippen molar-refractivity contribution in [2.24, 2.45) is 11.8 Å². The van der Waals surface area contributed by atoms with Gasteiger partial charge in [-0.15, -0.1) is 0 Å². The number of carbonyl (C=O) groups is 1. The summed E-state index contributed by atoms with van der Waals surface area (Å²) in [7, 11) is -3.44. The van der Waals surface area contributed by atoms with Crippen molar-refractivity contribution in [3.63, 3.8) is 0 Å². The second-order valence-corrected chi connectivity index (χ2v) is 7.86. The van der Waals surface area contributed by atoms with Gasteiger partial charge in [0, 0.05) is 6.92 Å². The first kappa shape index (κ1) is 19.4. The van der Waals surface area contributed by atoms with Crippen LogP contribution < -0.4 is 0 Å². The molecule has 1 heterocycles. The third-order valence-corrected chi connectivity index (χ3v) is 4.65. The highest BCUT2D eigenvalue weighted by Gasteiger charge is 2.32. The van der Waals surface area contributed by atoms with Crippen LogP contribution in [0.25, 0.3) is 0 Å². The molecule has 6 nitrogen and oxygen atoms in total. The highest BCUT2D eigenvalue weighted by molar-refractivity contribution is 7.85. The number of esters is 1. The van der Waals surface area contributed by atoms with Gasteiger partial charge in [-0.2, -0.15) is 8.42 Å². The lowest BCUT2D eigenvalue weighted by Crippen LogP contribution is -2.40. The molecular formula is C15H28O6S. The molecule has 1 aliphatic rings. The predicted molar refractivity (Wildman–Crippen MR) is 82.9 cm³/mol. The Balaban J connectivity index is 2.39. The Morgan fingerprint density at radius 2 is 2.05 bits per heavy atom. The fourth-order valence-corrected chi connectivity index (χ4v) is 3.04. The Morgan fingerprint density at radius 1 is 1.36 bits per heavy atom. The Kier molecular flexibility index (Phi) is 7.79. The van der Waals surface area contributed by atoms with E-state index in [1.165, 1.54) is 6.92 Å². The van der Waals surface area contributed by atoms with Crippen LogP contribution in [0.5, 0.6) is 0 Å². The van der Waals surface area contributed by atoms with Crippen LogP contribution in [0.2, 0.25) is 0 Å². The fraction of sp³-hybridized carbons (Fsp3) is 0.933. The molecule has 4 atom stereocenters. The molecule has 0 radical (unpaired) electrons. The molecule has 0 aromatic carbocycles. The molecule has 0 N–H and O–H groups in total. The highest BCUT2D eigenvalue weighted by atomic mass is 32.2. The Morgan fingerprint density at radius 3 is 2.64 bits per heavy atom. The Labute approximate surface area is 133 Å². The normalized spacial score (nSPS) is 27.4. The molecule has 7 heteroatoms. The summed E-state index contributed by atoms with van der Waals surface area (Å²) in [4.78, 5) is 10.7. The molecule has 1 aliphatic heterocycles. The number of hydrogen-bond acceptors (Lipinski definition) is 6. The molecule has 0 aromatic rings. The van der Waals surface area contributed by atoms with Crippen molar-refractivity contribution in [3.05, 3.63) is 0 Å². The third-order valence-electron chi connectivity index (χ3n) is 4.08. The van der Waals surface area contributed by atoms with Gasteiger partial charge in [-0.25, -0.2) is 0 Å². The zero-order valence-corrected chi connectivity index (χ0v) is 14.7. The number of carbonyl (C=O) groups excluding carboxylic acids is 1. The first-order valence-electron chi connectivity index (χ1n) is 7.82. The van der Waals surface area contributed by atoms with Crippen molar-refractivity contribution in [1.29, 1.82) is 0 Å². The molecule has 0 saturated carbocycles. The van der Waals surface area contributed by atoms with E-state index in [4.69, 9.17) is 13.7 Å². The maximum absolute atomic E-state index is 11.1. The lowest BCUT2D eigenvalue weighted by atomic mass is 9.87. The molecule has 0 aliphatic carbocycles. The molecule has 1 saturated heterocycles. The molecular weight excluding hydrogens is 308 g/mol. The van der Waals surface area contributed by atoms with Crippen LogP contribution in [0.15, 0.2) is 0 Å². The van der Waals surface area contributed by atoms with Gasteiger partial charge in [0.2, 0.25) is 0 Å². The summed E-state index contributed by atoms with van der Waals surface area (Å²) in [5, 5.41) is 0. The summed E-state index contributed by atoms with van der Waals surface area (Å²) in [6.07, 6.45) is 4.63. The average Bonchev–Trinajstić information content (AvgIpc) is 2.41. The average molecular weight is 336 g/mol. The van der Waals surface area contributed by atoms with Crippen molar-refractivity contribution < 1.29 is 26.9 Å². The van der Waals surface area contributed by atoms with E-state index >= 15 is 0 Å². The standard InChI is InChI=1S/C15H28O6S/c1-11(6-5-9-19-13(3)16)14-8-7-12(2)15(21-14)10-20-22(4,17)18/h11-12,14-15H,5-10H2,1-4H3/t11-,12+,14-,15-/m1/s1. The van der Waals surface area contributed by atoms with E-state index in [0.29, 0.717) is 12.5 Å². The van der Waals surface area contributed by atoms with Gasteiger partial charge in [0.15, 0.2) is 0 Å². The van der Waals surface area contributed by atoms with Crippen LogP contribution in [-0.4, -0.2) is 46.1 Å². The summed E-state index contributed by atoms with van der Waals surface area (Å²) in [6.45, 7) is 6.09. The highest BCUT2D eigenvalue weighted by Crippen LogP contribution is 2.30. The van der Waals surface area contributed by atoms with Crippen molar-refractivity contribution in [3.8, 4) is 0 Å². The summed E-state index contributed by atoms with van der Waals surface area (Å²) in [5.74, 6) is 0.364. The van der Waals surface area contributed by atoms with Crippen LogP contribution in [0.1, 0.15) is 46.5 Å². The van der Waals surface area contributed by atoms with Crippen LogP contribution in [0, 0.1) is 11.8 Å².